The number of carbonyl (C=O) groups excluding carboxylic acids is 1. The number of primary sulfonamides is 1. The summed E-state index contributed by atoms with van der Waals surface area (Å²) in [6.45, 7) is 2.41. The summed E-state index contributed by atoms with van der Waals surface area (Å²) >= 11 is 0. The van der Waals surface area contributed by atoms with E-state index in [0.29, 0.717) is 18.7 Å². The monoisotopic (exact) mass is 314 g/mol. The van der Waals surface area contributed by atoms with Gasteiger partial charge in [-0.25, -0.2) is 13.6 Å². The number of hydrogen-bond donors (Lipinski definition) is 2. The Balaban J connectivity index is 2.20. The van der Waals surface area contributed by atoms with E-state index in [-0.39, 0.29) is 28.6 Å². The van der Waals surface area contributed by atoms with E-state index in [1.165, 1.54) is 25.3 Å². The van der Waals surface area contributed by atoms with Gasteiger partial charge in [-0.1, -0.05) is 0 Å². The Kier molecular flexibility index (Phi) is 4.50. The molecule has 8 heteroatoms. The van der Waals surface area contributed by atoms with Gasteiger partial charge in [0, 0.05) is 18.4 Å². The summed E-state index contributed by atoms with van der Waals surface area (Å²) in [6, 6.07) is 4.21. The van der Waals surface area contributed by atoms with Crippen molar-refractivity contribution in [1.82, 2.24) is 0 Å². The third-order valence-corrected chi connectivity index (χ3v) is 4.40. The van der Waals surface area contributed by atoms with Gasteiger partial charge in [-0.2, -0.15) is 0 Å². The molecule has 0 aliphatic carbocycles. The van der Waals surface area contributed by atoms with E-state index in [1.807, 2.05) is 6.92 Å². The van der Waals surface area contributed by atoms with Crippen LogP contribution in [0.5, 0.6) is 5.75 Å². The Morgan fingerprint density at radius 3 is 2.71 bits per heavy atom. The van der Waals surface area contributed by atoms with Crippen LogP contribution < -0.4 is 15.2 Å². The van der Waals surface area contributed by atoms with E-state index in [1.54, 1.807) is 0 Å². The number of methoxy groups -OCH3 is 1. The van der Waals surface area contributed by atoms with Crippen LogP contribution >= 0.6 is 0 Å². The SMILES string of the molecule is COc1cc(NC(=O)C2CCOC2C)ccc1S(N)(=O)=O. The van der Waals surface area contributed by atoms with Crippen LogP contribution in [0.4, 0.5) is 5.69 Å². The molecule has 2 rings (SSSR count). The lowest BCUT2D eigenvalue weighted by Crippen LogP contribution is -2.27. The lowest BCUT2D eigenvalue weighted by Gasteiger charge is -2.15. The van der Waals surface area contributed by atoms with Crippen molar-refractivity contribution in [1.29, 1.82) is 0 Å². The quantitative estimate of drug-likeness (QED) is 0.851. The summed E-state index contributed by atoms with van der Waals surface area (Å²) in [4.78, 5) is 12.0. The van der Waals surface area contributed by atoms with Crippen molar-refractivity contribution < 1.29 is 22.7 Å². The van der Waals surface area contributed by atoms with E-state index in [4.69, 9.17) is 14.6 Å². The smallest absolute Gasteiger partial charge is 0.241 e. The molecule has 0 saturated carbocycles. The van der Waals surface area contributed by atoms with E-state index in [9.17, 15) is 13.2 Å². The van der Waals surface area contributed by atoms with Crippen LogP contribution in [0.2, 0.25) is 0 Å². The summed E-state index contributed by atoms with van der Waals surface area (Å²) in [6.07, 6.45) is 0.537. The molecular formula is C13H18N2O5S. The lowest BCUT2D eigenvalue weighted by atomic mass is 10.0. The van der Waals surface area contributed by atoms with Crippen molar-refractivity contribution in [3.63, 3.8) is 0 Å². The van der Waals surface area contributed by atoms with Crippen LogP contribution in [0.1, 0.15) is 13.3 Å². The van der Waals surface area contributed by atoms with Crippen LogP contribution in [0.25, 0.3) is 0 Å². The molecule has 116 valence electrons. The standard InChI is InChI=1S/C13H18N2O5S/c1-8-10(5-6-20-8)13(16)15-9-3-4-12(21(14,17)18)11(7-9)19-2/h3-4,7-8,10H,5-6H2,1-2H3,(H,15,16)(H2,14,17,18). The third kappa shape index (κ3) is 3.52. The number of carbonyl (C=O) groups is 1. The van der Waals surface area contributed by atoms with Crippen molar-refractivity contribution in [2.75, 3.05) is 19.0 Å². The van der Waals surface area contributed by atoms with Gasteiger partial charge in [0.1, 0.15) is 10.6 Å². The number of ether oxygens (including phenoxy) is 2. The number of nitrogens with two attached hydrogens (primary N) is 1. The van der Waals surface area contributed by atoms with Crippen LogP contribution in [0.3, 0.4) is 0 Å². The molecule has 1 heterocycles. The van der Waals surface area contributed by atoms with Crippen LogP contribution in [0.15, 0.2) is 23.1 Å². The number of benzene rings is 1. The summed E-state index contributed by atoms with van der Waals surface area (Å²) in [7, 11) is -2.54. The molecule has 1 aliphatic rings. The van der Waals surface area contributed by atoms with Crippen molar-refractivity contribution in [2.24, 2.45) is 11.1 Å². The molecule has 21 heavy (non-hydrogen) atoms. The lowest BCUT2D eigenvalue weighted by molar-refractivity contribution is -0.121. The molecule has 0 aromatic heterocycles. The summed E-state index contributed by atoms with van der Waals surface area (Å²) in [5, 5.41) is 7.82. The second-order valence-electron chi connectivity index (χ2n) is 4.87. The molecule has 0 bridgehead atoms. The minimum atomic E-state index is -3.87. The Bertz CT molecular complexity index is 644. The number of amides is 1. The number of nitrogens with one attached hydrogen (secondary N) is 1. The molecule has 1 aromatic carbocycles. The molecule has 1 aromatic rings. The highest BCUT2D eigenvalue weighted by Crippen LogP contribution is 2.28. The zero-order chi connectivity index (χ0) is 15.6. The van der Waals surface area contributed by atoms with Crippen LogP contribution in [-0.2, 0) is 19.6 Å². The first-order valence-corrected chi connectivity index (χ1v) is 8.01. The molecule has 1 aliphatic heterocycles. The molecule has 2 unspecified atom stereocenters. The zero-order valence-electron chi connectivity index (χ0n) is 11.8. The van der Waals surface area contributed by atoms with E-state index < -0.39 is 10.0 Å². The van der Waals surface area contributed by atoms with Crippen molar-refractivity contribution >= 4 is 21.6 Å². The predicted molar refractivity (Wildman–Crippen MR) is 76.5 cm³/mol. The van der Waals surface area contributed by atoms with Gasteiger partial charge in [-0.05, 0) is 25.5 Å². The Morgan fingerprint density at radius 1 is 1.48 bits per heavy atom. The molecule has 1 saturated heterocycles. The molecule has 1 amide bonds. The first kappa shape index (κ1) is 15.7. The number of anilines is 1. The van der Waals surface area contributed by atoms with Gasteiger partial charge >= 0.3 is 0 Å². The van der Waals surface area contributed by atoms with Gasteiger partial charge in [0.05, 0.1) is 19.1 Å². The molecule has 7 nitrogen and oxygen atoms in total. The highest BCUT2D eigenvalue weighted by atomic mass is 32.2. The average Bonchev–Trinajstić information content (AvgIpc) is 2.83. The molecular weight excluding hydrogens is 296 g/mol. The molecule has 0 spiro atoms. The Morgan fingerprint density at radius 2 is 2.19 bits per heavy atom. The summed E-state index contributed by atoms with van der Waals surface area (Å²) in [5.74, 6) is -0.287. The average molecular weight is 314 g/mol. The van der Waals surface area contributed by atoms with Gasteiger partial charge in [0.25, 0.3) is 0 Å². The largest absolute Gasteiger partial charge is 0.495 e. The zero-order valence-corrected chi connectivity index (χ0v) is 12.6. The van der Waals surface area contributed by atoms with Gasteiger partial charge < -0.3 is 14.8 Å². The molecule has 1 fully saturated rings. The highest BCUT2D eigenvalue weighted by Gasteiger charge is 2.30. The normalized spacial score (nSPS) is 22.0. The first-order chi connectivity index (χ1) is 9.82. The Hall–Kier alpha value is -1.64. The van der Waals surface area contributed by atoms with Gasteiger partial charge in [-0.15, -0.1) is 0 Å². The fourth-order valence-electron chi connectivity index (χ4n) is 2.29. The van der Waals surface area contributed by atoms with E-state index >= 15 is 0 Å². The highest BCUT2D eigenvalue weighted by molar-refractivity contribution is 7.89. The van der Waals surface area contributed by atoms with Crippen molar-refractivity contribution in [2.45, 2.75) is 24.3 Å². The summed E-state index contributed by atoms with van der Waals surface area (Å²) in [5.41, 5.74) is 0.448. The topological polar surface area (TPSA) is 108 Å². The third-order valence-electron chi connectivity index (χ3n) is 3.45. The fourth-order valence-corrected chi connectivity index (χ4v) is 2.97. The van der Waals surface area contributed by atoms with Crippen molar-refractivity contribution in [3.05, 3.63) is 18.2 Å². The minimum Gasteiger partial charge on any atom is -0.495 e. The fraction of sp³-hybridized carbons (Fsp3) is 0.462. The van der Waals surface area contributed by atoms with Crippen molar-refractivity contribution in [3.8, 4) is 5.75 Å². The minimum absolute atomic E-state index is 0.0889. The van der Waals surface area contributed by atoms with Gasteiger partial charge in [0.15, 0.2) is 0 Å². The predicted octanol–water partition coefficient (Wildman–Crippen LogP) is 0.706. The second-order valence-corrected chi connectivity index (χ2v) is 6.40. The first-order valence-electron chi connectivity index (χ1n) is 6.46. The molecule has 3 N–H and O–H groups in total. The van der Waals surface area contributed by atoms with Crippen LogP contribution in [-0.4, -0.2) is 34.1 Å². The summed E-state index contributed by atoms with van der Waals surface area (Å²) < 4.78 is 33.1. The number of sulfonamides is 1. The van der Waals surface area contributed by atoms with Gasteiger partial charge in [0.2, 0.25) is 15.9 Å². The Labute approximate surface area is 123 Å². The maximum absolute atomic E-state index is 12.1. The second kappa shape index (κ2) is 6.00. The van der Waals surface area contributed by atoms with Crippen LogP contribution in [0, 0.1) is 5.92 Å². The maximum Gasteiger partial charge on any atom is 0.241 e. The van der Waals surface area contributed by atoms with E-state index in [2.05, 4.69) is 5.32 Å². The number of hydrogen-bond acceptors (Lipinski definition) is 5. The van der Waals surface area contributed by atoms with Gasteiger partial charge in [-0.3, -0.25) is 4.79 Å². The number of rotatable bonds is 4. The van der Waals surface area contributed by atoms with E-state index in [0.717, 1.165) is 0 Å². The molecule has 2 atom stereocenters. The molecule has 0 radical (unpaired) electrons. The maximum atomic E-state index is 12.1.